The quantitative estimate of drug-likeness (QED) is 0.758. The van der Waals surface area contributed by atoms with Crippen molar-refractivity contribution in [3.05, 3.63) is 11.2 Å². The second-order valence-corrected chi connectivity index (χ2v) is 4.08. The van der Waals surface area contributed by atoms with Crippen LogP contribution in [0.25, 0.3) is 0 Å². The number of rotatable bonds is 4. The van der Waals surface area contributed by atoms with Gasteiger partial charge < -0.3 is 20.7 Å². The highest BCUT2D eigenvalue weighted by molar-refractivity contribution is 6.29. The van der Waals surface area contributed by atoms with Crippen LogP contribution in [-0.2, 0) is 4.74 Å². The summed E-state index contributed by atoms with van der Waals surface area (Å²) >= 11 is 5.97. The van der Waals surface area contributed by atoms with Gasteiger partial charge in [-0.1, -0.05) is 11.6 Å². The third kappa shape index (κ3) is 3.42. The second-order valence-electron chi connectivity index (χ2n) is 3.69. The molecule has 7 heteroatoms. The lowest BCUT2D eigenvalue weighted by molar-refractivity contribution is 0.122. The van der Waals surface area contributed by atoms with Crippen LogP contribution in [0.15, 0.2) is 6.07 Å². The van der Waals surface area contributed by atoms with Gasteiger partial charge in [0.25, 0.3) is 0 Å². The Morgan fingerprint density at radius 3 is 2.88 bits per heavy atom. The molecular formula is C10H16ClN5O. The predicted octanol–water partition coefficient (Wildman–Crippen LogP) is 0.337. The van der Waals surface area contributed by atoms with Crippen LogP contribution in [0.3, 0.4) is 0 Å². The van der Waals surface area contributed by atoms with E-state index in [4.69, 9.17) is 22.1 Å². The molecule has 17 heavy (non-hydrogen) atoms. The topological polar surface area (TPSA) is 76.3 Å². The van der Waals surface area contributed by atoms with Crippen LogP contribution in [0.1, 0.15) is 0 Å². The lowest BCUT2D eigenvalue weighted by Crippen LogP contribution is -2.37. The molecule has 2 heterocycles. The minimum atomic E-state index is 0.431. The Balaban J connectivity index is 2.12. The van der Waals surface area contributed by atoms with E-state index >= 15 is 0 Å². The van der Waals surface area contributed by atoms with Gasteiger partial charge in [0.2, 0.25) is 5.95 Å². The molecule has 0 saturated carbocycles. The number of nitrogens with two attached hydrogens (primary N) is 1. The maximum Gasteiger partial charge on any atom is 0.228 e. The largest absolute Gasteiger partial charge is 0.378 e. The van der Waals surface area contributed by atoms with Gasteiger partial charge in [0.05, 0.1) is 13.2 Å². The van der Waals surface area contributed by atoms with E-state index < -0.39 is 0 Å². The van der Waals surface area contributed by atoms with Gasteiger partial charge >= 0.3 is 0 Å². The normalized spacial score (nSPS) is 16.0. The molecule has 0 bridgehead atoms. The Hall–Kier alpha value is -1.11. The van der Waals surface area contributed by atoms with Crippen LogP contribution in [0.2, 0.25) is 5.15 Å². The van der Waals surface area contributed by atoms with Crippen molar-refractivity contribution in [1.29, 1.82) is 0 Å². The zero-order valence-corrected chi connectivity index (χ0v) is 10.3. The Labute approximate surface area is 105 Å². The van der Waals surface area contributed by atoms with Crippen molar-refractivity contribution in [3.63, 3.8) is 0 Å². The van der Waals surface area contributed by atoms with Gasteiger partial charge in [-0.2, -0.15) is 4.98 Å². The van der Waals surface area contributed by atoms with Crippen molar-refractivity contribution in [2.75, 3.05) is 49.6 Å². The van der Waals surface area contributed by atoms with E-state index in [-0.39, 0.29) is 0 Å². The van der Waals surface area contributed by atoms with Crippen LogP contribution >= 0.6 is 11.6 Å². The molecule has 1 aromatic rings. The summed E-state index contributed by atoms with van der Waals surface area (Å²) in [6.07, 6.45) is 0. The maximum absolute atomic E-state index is 5.97. The zero-order chi connectivity index (χ0) is 12.1. The summed E-state index contributed by atoms with van der Waals surface area (Å²) in [6, 6.07) is 1.70. The van der Waals surface area contributed by atoms with Crippen LogP contribution in [0, 0.1) is 0 Å². The average molecular weight is 258 g/mol. The zero-order valence-electron chi connectivity index (χ0n) is 9.53. The number of morpholine rings is 1. The number of ether oxygens (including phenoxy) is 1. The first-order chi connectivity index (χ1) is 8.29. The van der Waals surface area contributed by atoms with Crippen LogP contribution in [-0.4, -0.2) is 49.4 Å². The van der Waals surface area contributed by atoms with Gasteiger partial charge in [-0.05, 0) is 0 Å². The Morgan fingerprint density at radius 2 is 2.18 bits per heavy atom. The van der Waals surface area contributed by atoms with Gasteiger partial charge in [0.15, 0.2) is 0 Å². The molecule has 2 rings (SSSR count). The molecule has 0 amide bonds. The van der Waals surface area contributed by atoms with Crippen molar-refractivity contribution >= 4 is 23.4 Å². The van der Waals surface area contributed by atoms with Crippen molar-refractivity contribution in [2.45, 2.75) is 0 Å². The molecule has 0 unspecified atom stereocenters. The monoisotopic (exact) mass is 257 g/mol. The molecule has 0 aliphatic carbocycles. The molecule has 1 aliphatic heterocycles. The summed E-state index contributed by atoms with van der Waals surface area (Å²) < 4.78 is 5.28. The lowest BCUT2D eigenvalue weighted by atomic mass is 10.4. The fourth-order valence-electron chi connectivity index (χ4n) is 1.60. The summed E-state index contributed by atoms with van der Waals surface area (Å²) in [5, 5.41) is 3.53. The first kappa shape index (κ1) is 12.3. The highest BCUT2D eigenvalue weighted by Gasteiger charge is 2.15. The number of nitrogens with zero attached hydrogens (tertiary/aromatic N) is 3. The number of halogens is 1. The number of nitrogens with one attached hydrogen (secondary N) is 1. The third-order valence-corrected chi connectivity index (χ3v) is 2.62. The molecule has 1 fully saturated rings. The van der Waals surface area contributed by atoms with E-state index in [1.165, 1.54) is 0 Å². The fraction of sp³-hybridized carbons (Fsp3) is 0.600. The van der Waals surface area contributed by atoms with Gasteiger partial charge in [0, 0.05) is 32.2 Å². The first-order valence-electron chi connectivity index (χ1n) is 5.61. The molecule has 94 valence electrons. The molecule has 1 aliphatic rings. The smallest absolute Gasteiger partial charge is 0.228 e. The minimum Gasteiger partial charge on any atom is -0.378 e. The molecule has 0 atom stereocenters. The van der Waals surface area contributed by atoms with E-state index in [1.807, 2.05) is 0 Å². The van der Waals surface area contributed by atoms with E-state index in [9.17, 15) is 0 Å². The summed E-state index contributed by atoms with van der Waals surface area (Å²) in [5.74, 6) is 1.34. The standard InChI is InChI=1S/C10H16ClN5O/c11-8-7-9(13-2-1-12)15-10(14-8)16-3-5-17-6-4-16/h7H,1-6,12H2,(H,13,14,15). The van der Waals surface area contributed by atoms with Gasteiger partial charge in [-0.25, -0.2) is 4.98 Å². The molecule has 1 saturated heterocycles. The molecule has 6 nitrogen and oxygen atoms in total. The molecule has 0 radical (unpaired) electrons. The fourth-order valence-corrected chi connectivity index (χ4v) is 1.78. The van der Waals surface area contributed by atoms with Crippen LogP contribution in [0.4, 0.5) is 11.8 Å². The number of aromatic nitrogens is 2. The van der Waals surface area contributed by atoms with E-state index in [0.717, 1.165) is 13.1 Å². The molecule has 3 N–H and O–H groups in total. The second kappa shape index (κ2) is 6.00. The molecule has 0 spiro atoms. The van der Waals surface area contributed by atoms with Crippen molar-refractivity contribution in [3.8, 4) is 0 Å². The van der Waals surface area contributed by atoms with E-state index in [0.29, 0.717) is 43.2 Å². The summed E-state index contributed by atoms with van der Waals surface area (Å²) in [4.78, 5) is 10.7. The van der Waals surface area contributed by atoms with Gasteiger partial charge in [-0.15, -0.1) is 0 Å². The number of anilines is 2. The van der Waals surface area contributed by atoms with Crippen molar-refractivity contribution in [2.24, 2.45) is 5.73 Å². The molecular weight excluding hydrogens is 242 g/mol. The van der Waals surface area contributed by atoms with E-state index in [1.54, 1.807) is 6.07 Å². The first-order valence-corrected chi connectivity index (χ1v) is 5.98. The van der Waals surface area contributed by atoms with Crippen molar-refractivity contribution < 1.29 is 4.74 Å². The van der Waals surface area contributed by atoms with Gasteiger partial charge in [-0.3, -0.25) is 0 Å². The Kier molecular flexibility index (Phi) is 4.36. The van der Waals surface area contributed by atoms with Crippen molar-refractivity contribution in [1.82, 2.24) is 9.97 Å². The van der Waals surface area contributed by atoms with Crippen LogP contribution in [0.5, 0.6) is 0 Å². The number of hydrogen-bond acceptors (Lipinski definition) is 6. The van der Waals surface area contributed by atoms with Crippen LogP contribution < -0.4 is 16.0 Å². The average Bonchev–Trinajstić information content (AvgIpc) is 2.37. The molecule has 1 aromatic heterocycles. The summed E-state index contributed by atoms with van der Waals surface area (Å²) in [6.45, 7) is 4.18. The summed E-state index contributed by atoms with van der Waals surface area (Å²) in [5.41, 5.74) is 5.43. The van der Waals surface area contributed by atoms with Gasteiger partial charge in [0.1, 0.15) is 11.0 Å². The highest BCUT2D eigenvalue weighted by Crippen LogP contribution is 2.17. The predicted molar refractivity (Wildman–Crippen MR) is 67.6 cm³/mol. The minimum absolute atomic E-state index is 0.431. The Bertz CT molecular complexity index is 370. The summed E-state index contributed by atoms with van der Waals surface area (Å²) in [7, 11) is 0. The highest BCUT2D eigenvalue weighted by atomic mass is 35.5. The Morgan fingerprint density at radius 1 is 1.41 bits per heavy atom. The number of hydrogen-bond donors (Lipinski definition) is 2. The SMILES string of the molecule is NCCNc1cc(Cl)nc(N2CCOCC2)n1. The third-order valence-electron chi connectivity index (χ3n) is 2.43. The molecule has 0 aromatic carbocycles. The maximum atomic E-state index is 5.97. The lowest BCUT2D eigenvalue weighted by Gasteiger charge is -2.27. The van der Waals surface area contributed by atoms with E-state index in [2.05, 4.69) is 20.2 Å².